The third-order valence-corrected chi connectivity index (χ3v) is 6.94. The van der Waals surface area contributed by atoms with Gasteiger partial charge in [0.2, 0.25) is 0 Å². The number of fused-ring (bicyclic) bond motifs is 1. The first-order valence-electron chi connectivity index (χ1n) is 12.8. The average Bonchev–Trinajstić information content (AvgIpc) is 3.34. The number of carbonyl (C=O) groups is 2. The number of carbonyl (C=O) groups excluding carboxylic acids is 1. The molecule has 1 fully saturated rings. The number of aliphatic carboxylic acids is 1. The van der Waals surface area contributed by atoms with E-state index < -0.39 is 11.5 Å². The number of hydrogen-bond acceptors (Lipinski definition) is 5. The summed E-state index contributed by atoms with van der Waals surface area (Å²) >= 11 is 0. The zero-order valence-corrected chi connectivity index (χ0v) is 22.1. The molecule has 1 aliphatic heterocycles. The van der Waals surface area contributed by atoms with Gasteiger partial charge in [-0.15, -0.1) is 0 Å². The minimum atomic E-state index is -1.14. The van der Waals surface area contributed by atoms with E-state index in [1.165, 1.54) is 0 Å². The van der Waals surface area contributed by atoms with Crippen LogP contribution in [0.1, 0.15) is 52.0 Å². The second-order valence-corrected chi connectivity index (χ2v) is 9.86. The molecule has 2 aromatic heterocycles. The second kappa shape index (κ2) is 11.1. The Kier molecular flexibility index (Phi) is 7.90. The fourth-order valence-corrected chi connectivity index (χ4v) is 4.64. The van der Waals surface area contributed by atoms with Crippen molar-refractivity contribution in [3.05, 3.63) is 48.3 Å². The second-order valence-electron chi connectivity index (χ2n) is 9.86. The van der Waals surface area contributed by atoms with Gasteiger partial charge in [-0.1, -0.05) is 19.8 Å². The lowest BCUT2D eigenvalue weighted by atomic mass is 10.1. The molecule has 3 aromatic rings. The molecule has 9 heteroatoms. The predicted octanol–water partition coefficient (Wildman–Crippen LogP) is 5.27. The van der Waals surface area contributed by atoms with Gasteiger partial charge in [0.15, 0.2) is 11.5 Å². The molecule has 0 bridgehead atoms. The van der Waals surface area contributed by atoms with Crippen LogP contribution in [0.25, 0.3) is 11.0 Å². The van der Waals surface area contributed by atoms with Crippen LogP contribution < -0.4 is 14.4 Å². The van der Waals surface area contributed by atoms with E-state index in [9.17, 15) is 14.7 Å². The van der Waals surface area contributed by atoms with E-state index >= 15 is 0 Å². The molecule has 0 saturated carbocycles. The third kappa shape index (κ3) is 5.35. The minimum absolute atomic E-state index is 0.0800. The van der Waals surface area contributed by atoms with E-state index in [4.69, 9.17) is 9.47 Å². The van der Waals surface area contributed by atoms with Gasteiger partial charge in [0.1, 0.15) is 11.2 Å². The predicted molar refractivity (Wildman–Crippen MR) is 142 cm³/mol. The fourth-order valence-electron chi connectivity index (χ4n) is 4.64. The maximum atomic E-state index is 13.6. The average molecular weight is 509 g/mol. The third-order valence-electron chi connectivity index (χ3n) is 6.94. The van der Waals surface area contributed by atoms with Gasteiger partial charge in [-0.05, 0) is 56.5 Å². The van der Waals surface area contributed by atoms with Crippen molar-refractivity contribution in [3.63, 3.8) is 0 Å². The summed E-state index contributed by atoms with van der Waals surface area (Å²) in [5.41, 5.74) is 1.15. The molecule has 1 N–H and O–H groups in total. The number of pyridine rings is 1. The number of carboxylic acid groups (broad SMARTS) is 1. The van der Waals surface area contributed by atoms with Crippen LogP contribution in [0.15, 0.2) is 42.7 Å². The Morgan fingerprint density at radius 2 is 1.95 bits per heavy atom. The molecule has 9 nitrogen and oxygen atoms in total. The molecule has 37 heavy (non-hydrogen) atoms. The van der Waals surface area contributed by atoms with Crippen molar-refractivity contribution in [2.24, 2.45) is 0 Å². The van der Waals surface area contributed by atoms with Gasteiger partial charge in [0.05, 0.1) is 13.7 Å². The van der Waals surface area contributed by atoms with E-state index in [1.54, 1.807) is 42.8 Å². The summed E-state index contributed by atoms with van der Waals surface area (Å²) in [6.45, 7) is 7.70. The Balaban J connectivity index is 1.55. The van der Waals surface area contributed by atoms with Crippen molar-refractivity contribution in [2.75, 3.05) is 31.7 Å². The maximum absolute atomic E-state index is 13.6. The van der Waals surface area contributed by atoms with Crippen molar-refractivity contribution in [1.29, 1.82) is 0 Å². The van der Waals surface area contributed by atoms with E-state index in [0.29, 0.717) is 43.4 Å². The standard InChI is InChI=1S/C28H36N4O5/c1-5-6-7-17-37-24-18-21(9-10-23(24)36-4)31-15-8-14-30(27(31)35)19-20-11-13-29-25-22(20)12-16-32(25)28(2,3)26(33)34/h9-13,16,18H,5-8,14-15,17,19H2,1-4H3,(H,33,34). The van der Waals surface area contributed by atoms with E-state index in [2.05, 4.69) is 11.9 Å². The van der Waals surface area contributed by atoms with Crippen LogP contribution in [-0.4, -0.2) is 58.4 Å². The number of ether oxygens (including phenoxy) is 2. The molecule has 1 saturated heterocycles. The Hall–Kier alpha value is -3.75. The zero-order chi connectivity index (χ0) is 26.6. The van der Waals surface area contributed by atoms with Crippen LogP contribution in [0.4, 0.5) is 10.5 Å². The molecule has 1 aliphatic rings. The summed E-state index contributed by atoms with van der Waals surface area (Å²) in [6.07, 6.45) is 7.42. The number of methoxy groups -OCH3 is 1. The van der Waals surface area contributed by atoms with Crippen LogP contribution in [0, 0.1) is 0 Å². The summed E-state index contributed by atoms with van der Waals surface area (Å²) in [4.78, 5) is 33.4. The number of carboxylic acids is 1. The summed E-state index contributed by atoms with van der Waals surface area (Å²) in [5, 5.41) is 10.5. The first kappa shape index (κ1) is 26.3. The normalized spacial score (nSPS) is 14.3. The molecule has 1 aromatic carbocycles. The summed E-state index contributed by atoms with van der Waals surface area (Å²) in [7, 11) is 1.61. The lowest BCUT2D eigenvalue weighted by Gasteiger charge is -2.36. The number of hydrogen-bond donors (Lipinski definition) is 1. The zero-order valence-electron chi connectivity index (χ0n) is 22.1. The number of aromatic nitrogens is 2. The number of anilines is 1. The first-order chi connectivity index (χ1) is 17.8. The number of nitrogens with zero attached hydrogens (tertiary/aromatic N) is 4. The van der Waals surface area contributed by atoms with Gasteiger partial charge in [-0.3, -0.25) is 4.90 Å². The van der Waals surface area contributed by atoms with Crippen molar-refractivity contribution >= 4 is 28.7 Å². The lowest BCUT2D eigenvalue weighted by Crippen LogP contribution is -2.49. The maximum Gasteiger partial charge on any atom is 0.329 e. The first-order valence-corrected chi connectivity index (χ1v) is 12.8. The Morgan fingerprint density at radius 1 is 1.14 bits per heavy atom. The summed E-state index contributed by atoms with van der Waals surface area (Å²) in [6, 6.07) is 9.30. The van der Waals surface area contributed by atoms with E-state index in [-0.39, 0.29) is 6.03 Å². The Bertz CT molecular complexity index is 1270. The Morgan fingerprint density at radius 3 is 2.68 bits per heavy atom. The van der Waals surface area contributed by atoms with Crippen LogP contribution in [0.2, 0.25) is 0 Å². The van der Waals surface area contributed by atoms with Gasteiger partial charge in [0.25, 0.3) is 0 Å². The van der Waals surface area contributed by atoms with Gasteiger partial charge in [-0.2, -0.15) is 0 Å². The van der Waals surface area contributed by atoms with Gasteiger partial charge >= 0.3 is 12.0 Å². The topological polar surface area (TPSA) is 97.1 Å². The number of unbranched alkanes of at least 4 members (excludes halogenated alkanes) is 2. The number of rotatable bonds is 11. The molecule has 3 heterocycles. The van der Waals surface area contributed by atoms with E-state index in [0.717, 1.165) is 42.3 Å². The van der Waals surface area contributed by atoms with Crippen molar-refractivity contribution in [2.45, 2.75) is 58.5 Å². The molecule has 2 amide bonds. The molecule has 0 aliphatic carbocycles. The van der Waals surface area contributed by atoms with Crippen molar-refractivity contribution in [3.8, 4) is 11.5 Å². The van der Waals surface area contributed by atoms with Crippen LogP contribution in [0.5, 0.6) is 11.5 Å². The fraction of sp³-hybridized carbons (Fsp3) is 0.464. The van der Waals surface area contributed by atoms with Crippen LogP contribution >= 0.6 is 0 Å². The van der Waals surface area contributed by atoms with Crippen LogP contribution in [-0.2, 0) is 16.9 Å². The smallest absolute Gasteiger partial charge is 0.329 e. The van der Waals surface area contributed by atoms with Crippen molar-refractivity contribution in [1.82, 2.24) is 14.5 Å². The highest BCUT2D eigenvalue weighted by Gasteiger charge is 2.32. The molecule has 0 unspecified atom stereocenters. The Labute approximate surface area is 217 Å². The summed E-state index contributed by atoms with van der Waals surface area (Å²) < 4.78 is 13.1. The monoisotopic (exact) mass is 508 g/mol. The van der Waals surface area contributed by atoms with Crippen molar-refractivity contribution < 1.29 is 24.2 Å². The lowest BCUT2D eigenvalue weighted by molar-refractivity contribution is -0.145. The molecule has 198 valence electrons. The van der Waals surface area contributed by atoms with E-state index in [1.807, 2.05) is 35.2 Å². The molecule has 4 rings (SSSR count). The minimum Gasteiger partial charge on any atom is -0.493 e. The highest BCUT2D eigenvalue weighted by molar-refractivity contribution is 5.93. The van der Waals surface area contributed by atoms with Gasteiger partial charge in [0, 0.05) is 49.2 Å². The SMILES string of the molecule is CCCCCOc1cc(N2CCCN(Cc3ccnc4c3ccn4C(C)(C)C(=O)O)C2=O)ccc1OC. The number of benzene rings is 1. The highest BCUT2D eigenvalue weighted by Crippen LogP contribution is 2.34. The van der Waals surface area contributed by atoms with Gasteiger partial charge < -0.3 is 24.0 Å². The number of amides is 2. The molecule has 0 atom stereocenters. The largest absolute Gasteiger partial charge is 0.493 e. The summed E-state index contributed by atoms with van der Waals surface area (Å²) in [5.74, 6) is 0.348. The van der Waals surface area contributed by atoms with Crippen LogP contribution in [0.3, 0.4) is 0 Å². The van der Waals surface area contributed by atoms with Gasteiger partial charge in [-0.25, -0.2) is 14.6 Å². The quantitative estimate of drug-likeness (QED) is 0.355. The molecule has 0 spiro atoms. The molecular weight excluding hydrogens is 472 g/mol. The molecule has 0 radical (unpaired) electrons. The molecular formula is C28H36N4O5. The highest BCUT2D eigenvalue weighted by atomic mass is 16.5. The number of urea groups is 1.